The molecule has 6 nitrogen and oxygen atoms in total. The quantitative estimate of drug-likeness (QED) is 0.557. The number of rotatable bonds is 9. The van der Waals surface area contributed by atoms with Crippen molar-refractivity contribution in [2.24, 2.45) is 7.05 Å². The molecule has 0 bridgehead atoms. The van der Waals surface area contributed by atoms with Gasteiger partial charge in [0.15, 0.2) is 5.16 Å². The Hall–Kier alpha value is -1.57. The molecule has 0 amide bonds. The van der Waals surface area contributed by atoms with Crippen LogP contribution in [0.5, 0.6) is 5.75 Å². The second kappa shape index (κ2) is 8.90. The van der Waals surface area contributed by atoms with E-state index >= 15 is 0 Å². The fraction of sp³-hybridized carbons (Fsp3) is 0.500. The van der Waals surface area contributed by atoms with Crippen LogP contribution in [0.4, 0.5) is 0 Å². The van der Waals surface area contributed by atoms with Crippen molar-refractivity contribution in [1.29, 1.82) is 0 Å². The van der Waals surface area contributed by atoms with Gasteiger partial charge < -0.3 is 19.1 Å². The number of para-hydroxylation sites is 1. The van der Waals surface area contributed by atoms with E-state index in [2.05, 4.69) is 10.2 Å². The first kappa shape index (κ1) is 17.8. The molecule has 126 valence electrons. The molecule has 1 unspecified atom stereocenters. The summed E-state index contributed by atoms with van der Waals surface area (Å²) in [4.78, 5) is 0. The number of aromatic nitrogens is 3. The third kappa shape index (κ3) is 5.53. The van der Waals surface area contributed by atoms with Gasteiger partial charge in [0.05, 0.1) is 19.3 Å². The molecule has 0 aliphatic carbocycles. The maximum Gasteiger partial charge on any atom is 0.190 e. The average Bonchev–Trinajstić information content (AvgIpc) is 2.92. The van der Waals surface area contributed by atoms with Crippen LogP contribution in [0.2, 0.25) is 0 Å². The first-order chi connectivity index (χ1) is 11.1. The monoisotopic (exact) mass is 337 g/mol. The summed E-state index contributed by atoms with van der Waals surface area (Å²) in [5.74, 6) is 1.43. The second-order valence-corrected chi connectivity index (χ2v) is 6.32. The molecule has 1 aromatic heterocycles. The summed E-state index contributed by atoms with van der Waals surface area (Å²) >= 11 is 1.45. The largest absolute Gasteiger partial charge is 0.491 e. The molecule has 1 atom stereocenters. The maximum absolute atomic E-state index is 9.90. The van der Waals surface area contributed by atoms with Gasteiger partial charge in [-0.1, -0.05) is 30.0 Å². The fourth-order valence-electron chi connectivity index (χ4n) is 2.07. The molecule has 0 aliphatic rings. The van der Waals surface area contributed by atoms with Crippen LogP contribution < -0.4 is 4.74 Å². The zero-order valence-corrected chi connectivity index (χ0v) is 14.5. The lowest BCUT2D eigenvalue weighted by Gasteiger charge is -2.13. The zero-order chi connectivity index (χ0) is 16.7. The van der Waals surface area contributed by atoms with Gasteiger partial charge in [-0.25, -0.2) is 0 Å². The summed E-state index contributed by atoms with van der Waals surface area (Å²) in [5, 5.41) is 18.4. The molecule has 1 aromatic carbocycles. The van der Waals surface area contributed by atoms with E-state index in [4.69, 9.17) is 9.47 Å². The minimum absolute atomic E-state index is 0.279. The Balaban J connectivity index is 1.61. The van der Waals surface area contributed by atoms with Crippen LogP contribution in [0, 0.1) is 13.8 Å². The Morgan fingerprint density at radius 3 is 2.65 bits per heavy atom. The summed E-state index contributed by atoms with van der Waals surface area (Å²) < 4.78 is 13.0. The summed E-state index contributed by atoms with van der Waals surface area (Å²) in [6, 6.07) is 6.06. The Morgan fingerprint density at radius 1 is 1.26 bits per heavy atom. The molecule has 1 heterocycles. The molecule has 0 radical (unpaired) electrons. The number of ether oxygens (including phenoxy) is 2. The van der Waals surface area contributed by atoms with Gasteiger partial charge in [-0.05, 0) is 25.0 Å². The standard InChI is InChI=1S/C16H23N3O3S/c1-12-5-4-6-13(2)15(12)22-8-7-21-9-14(20)10-23-16-18-17-11-19(16)3/h4-6,11,14,20H,7-10H2,1-3H3. The highest BCUT2D eigenvalue weighted by molar-refractivity contribution is 7.99. The number of benzene rings is 1. The molecule has 0 aliphatic heterocycles. The highest BCUT2D eigenvalue weighted by atomic mass is 32.2. The lowest BCUT2D eigenvalue weighted by atomic mass is 10.1. The van der Waals surface area contributed by atoms with Gasteiger partial charge in [0.25, 0.3) is 0 Å². The Morgan fingerprint density at radius 2 is 2.00 bits per heavy atom. The molecular weight excluding hydrogens is 314 g/mol. The SMILES string of the molecule is Cc1cccc(C)c1OCCOCC(O)CSc1nncn1C. The van der Waals surface area contributed by atoms with E-state index in [1.54, 1.807) is 6.33 Å². The molecule has 0 spiro atoms. The lowest BCUT2D eigenvalue weighted by molar-refractivity contribution is 0.0346. The van der Waals surface area contributed by atoms with Crippen molar-refractivity contribution >= 4 is 11.8 Å². The predicted molar refractivity (Wildman–Crippen MR) is 90.0 cm³/mol. The Bertz CT molecular complexity index is 598. The second-order valence-electron chi connectivity index (χ2n) is 5.33. The van der Waals surface area contributed by atoms with Gasteiger partial charge in [-0.3, -0.25) is 0 Å². The Labute approximate surface area is 140 Å². The molecule has 2 aromatic rings. The minimum atomic E-state index is -0.545. The van der Waals surface area contributed by atoms with Crippen LogP contribution in [0.15, 0.2) is 29.7 Å². The average molecular weight is 337 g/mol. The van der Waals surface area contributed by atoms with Crippen LogP contribution in [0.3, 0.4) is 0 Å². The van der Waals surface area contributed by atoms with Crippen molar-refractivity contribution in [1.82, 2.24) is 14.8 Å². The maximum atomic E-state index is 9.90. The predicted octanol–water partition coefficient (Wildman–Crippen LogP) is 1.98. The van der Waals surface area contributed by atoms with E-state index in [1.165, 1.54) is 11.8 Å². The van der Waals surface area contributed by atoms with Gasteiger partial charge in [-0.2, -0.15) is 0 Å². The number of aliphatic hydroxyl groups excluding tert-OH is 1. The number of hydrogen-bond donors (Lipinski definition) is 1. The van der Waals surface area contributed by atoms with Crippen LogP contribution in [0.25, 0.3) is 0 Å². The van der Waals surface area contributed by atoms with Crippen molar-refractivity contribution in [3.05, 3.63) is 35.7 Å². The smallest absolute Gasteiger partial charge is 0.190 e. The molecule has 0 fully saturated rings. The van der Waals surface area contributed by atoms with Gasteiger partial charge in [0, 0.05) is 12.8 Å². The topological polar surface area (TPSA) is 69.4 Å². The third-order valence-corrected chi connectivity index (χ3v) is 4.45. The number of thioether (sulfide) groups is 1. The van der Waals surface area contributed by atoms with Gasteiger partial charge >= 0.3 is 0 Å². The van der Waals surface area contributed by atoms with Crippen molar-refractivity contribution in [3.63, 3.8) is 0 Å². The molecule has 0 saturated heterocycles. The normalized spacial score (nSPS) is 12.3. The summed E-state index contributed by atoms with van der Waals surface area (Å²) in [5.41, 5.74) is 2.23. The van der Waals surface area contributed by atoms with E-state index in [0.717, 1.165) is 22.0 Å². The number of aryl methyl sites for hydroxylation is 3. The van der Waals surface area contributed by atoms with E-state index in [0.29, 0.717) is 19.0 Å². The van der Waals surface area contributed by atoms with Gasteiger partial charge in [0.1, 0.15) is 18.7 Å². The lowest BCUT2D eigenvalue weighted by Crippen LogP contribution is -2.20. The van der Waals surface area contributed by atoms with Crippen LogP contribution in [-0.2, 0) is 11.8 Å². The minimum Gasteiger partial charge on any atom is -0.491 e. The first-order valence-corrected chi connectivity index (χ1v) is 8.48. The number of hydrogen-bond acceptors (Lipinski definition) is 6. The van der Waals surface area contributed by atoms with E-state index in [-0.39, 0.29) is 6.61 Å². The number of nitrogens with zero attached hydrogens (tertiary/aromatic N) is 3. The van der Waals surface area contributed by atoms with Crippen LogP contribution in [-0.4, -0.2) is 51.5 Å². The Kier molecular flexibility index (Phi) is 6.88. The van der Waals surface area contributed by atoms with Crippen LogP contribution in [0.1, 0.15) is 11.1 Å². The highest BCUT2D eigenvalue weighted by Gasteiger charge is 2.09. The summed E-state index contributed by atoms with van der Waals surface area (Å²) in [6.45, 7) is 5.24. The van der Waals surface area contributed by atoms with Crippen molar-refractivity contribution < 1.29 is 14.6 Å². The highest BCUT2D eigenvalue weighted by Crippen LogP contribution is 2.22. The molecule has 7 heteroatoms. The summed E-state index contributed by atoms with van der Waals surface area (Å²) in [7, 11) is 1.87. The van der Waals surface area contributed by atoms with E-state index in [9.17, 15) is 5.11 Å². The first-order valence-electron chi connectivity index (χ1n) is 7.49. The molecule has 1 N–H and O–H groups in total. The zero-order valence-electron chi connectivity index (χ0n) is 13.7. The number of aliphatic hydroxyl groups is 1. The molecule has 2 rings (SSSR count). The summed E-state index contributed by atoms with van der Waals surface area (Å²) in [6.07, 6.45) is 1.09. The fourth-order valence-corrected chi connectivity index (χ4v) is 2.86. The van der Waals surface area contributed by atoms with Gasteiger partial charge in [0.2, 0.25) is 0 Å². The molecular formula is C16H23N3O3S. The van der Waals surface area contributed by atoms with E-state index in [1.807, 2.05) is 43.7 Å². The van der Waals surface area contributed by atoms with Crippen LogP contribution >= 0.6 is 11.8 Å². The molecule has 23 heavy (non-hydrogen) atoms. The van der Waals surface area contributed by atoms with Crippen molar-refractivity contribution in [2.45, 2.75) is 25.1 Å². The van der Waals surface area contributed by atoms with Crippen molar-refractivity contribution in [2.75, 3.05) is 25.6 Å². The van der Waals surface area contributed by atoms with Gasteiger partial charge in [-0.15, -0.1) is 10.2 Å². The third-order valence-electron chi connectivity index (χ3n) is 3.27. The van der Waals surface area contributed by atoms with E-state index < -0.39 is 6.10 Å². The molecule has 0 saturated carbocycles. The van der Waals surface area contributed by atoms with Crippen molar-refractivity contribution in [3.8, 4) is 5.75 Å².